The van der Waals surface area contributed by atoms with Crippen molar-refractivity contribution in [3.05, 3.63) is 78.1 Å². The fourth-order valence-electron chi connectivity index (χ4n) is 5.55. The van der Waals surface area contributed by atoms with Gasteiger partial charge in [-0.15, -0.1) is 0 Å². The number of carbonyl (C=O) groups excluding carboxylic acids is 1. The van der Waals surface area contributed by atoms with E-state index >= 15 is 0 Å². The van der Waals surface area contributed by atoms with Crippen LogP contribution in [0, 0.1) is 5.92 Å². The van der Waals surface area contributed by atoms with E-state index in [0.29, 0.717) is 12.3 Å². The minimum absolute atomic E-state index is 0.0472. The molecule has 2 N–H and O–H groups in total. The lowest BCUT2D eigenvalue weighted by atomic mass is 9.96. The Kier molecular flexibility index (Phi) is 7.84. The van der Waals surface area contributed by atoms with Gasteiger partial charge >= 0.3 is 5.97 Å². The first-order chi connectivity index (χ1) is 18.2. The van der Waals surface area contributed by atoms with Crippen LogP contribution in [0.3, 0.4) is 0 Å². The third-order valence-electron chi connectivity index (χ3n) is 7.47. The summed E-state index contributed by atoms with van der Waals surface area (Å²) in [4.78, 5) is 28.2. The zero-order valence-corrected chi connectivity index (χ0v) is 21.5. The standard InChI is InChI=1S/C29H36N6O2/c1-2-37-29(36)24-13-15-34(16-14-24)27-25(30)28(32-21-31-27)35-19-17-33(18-20-35)26(22-9-5-3-6-10-22)23-11-7-4-8-12-23/h3-12,21,24,26H,2,13-20,30H2,1H3. The predicted molar refractivity (Wildman–Crippen MR) is 147 cm³/mol. The number of nitrogens with zero attached hydrogens (tertiary/aromatic N) is 5. The number of ether oxygens (including phenoxy) is 1. The van der Waals surface area contributed by atoms with Crippen LogP contribution in [0.1, 0.15) is 36.9 Å². The molecule has 8 nitrogen and oxygen atoms in total. The molecule has 0 amide bonds. The molecule has 0 atom stereocenters. The quantitative estimate of drug-likeness (QED) is 0.491. The molecule has 2 aliphatic rings. The Hall–Kier alpha value is -3.65. The van der Waals surface area contributed by atoms with Crippen molar-refractivity contribution in [3.63, 3.8) is 0 Å². The Morgan fingerprint density at radius 3 is 1.89 bits per heavy atom. The predicted octanol–water partition coefficient (Wildman–Crippen LogP) is 3.75. The Bertz CT molecular complexity index is 1120. The van der Waals surface area contributed by atoms with Gasteiger partial charge in [0.1, 0.15) is 12.0 Å². The van der Waals surface area contributed by atoms with Crippen molar-refractivity contribution in [1.82, 2.24) is 14.9 Å². The topological polar surface area (TPSA) is 87.8 Å². The zero-order chi connectivity index (χ0) is 25.6. The average Bonchev–Trinajstić information content (AvgIpc) is 2.95. The van der Waals surface area contributed by atoms with Gasteiger partial charge in [0, 0.05) is 39.3 Å². The molecule has 37 heavy (non-hydrogen) atoms. The van der Waals surface area contributed by atoms with Crippen molar-refractivity contribution in [3.8, 4) is 0 Å². The Balaban J connectivity index is 1.27. The van der Waals surface area contributed by atoms with Gasteiger partial charge in [0.15, 0.2) is 11.6 Å². The highest BCUT2D eigenvalue weighted by Crippen LogP contribution is 2.34. The van der Waals surface area contributed by atoms with Gasteiger partial charge in [-0.2, -0.15) is 0 Å². The molecule has 194 valence electrons. The molecule has 3 aromatic rings. The van der Waals surface area contributed by atoms with Crippen LogP contribution in [-0.4, -0.2) is 66.7 Å². The third kappa shape index (κ3) is 5.54. The minimum atomic E-state index is -0.0966. The number of carbonyl (C=O) groups is 1. The summed E-state index contributed by atoms with van der Waals surface area (Å²) in [7, 11) is 0. The number of anilines is 3. The van der Waals surface area contributed by atoms with E-state index in [2.05, 4.69) is 85.3 Å². The van der Waals surface area contributed by atoms with E-state index in [9.17, 15) is 4.79 Å². The summed E-state index contributed by atoms with van der Waals surface area (Å²) < 4.78 is 5.21. The smallest absolute Gasteiger partial charge is 0.309 e. The van der Waals surface area contributed by atoms with Gasteiger partial charge in [-0.25, -0.2) is 9.97 Å². The van der Waals surface area contributed by atoms with E-state index in [1.54, 1.807) is 6.33 Å². The first-order valence-corrected chi connectivity index (χ1v) is 13.3. The lowest BCUT2D eigenvalue weighted by Crippen LogP contribution is -2.48. The maximum absolute atomic E-state index is 12.1. The number of rotatable bonds is 7. The van der Waals surface area contributed by atoms with Gasteiger partial charge in [-0.1, -0.05) is 60.7 Å². The summed E-state index contributed by atoms with van der Waals surface area (Å²) in [6.07, 6.45) is 3.11. The van der Waals surface area contributed by atoms with E-state index < -0.39 is 0 Å². The number of hydrogen-bond acceptors (Lipinski definition) is 8. The van der Waals surface area contributed by atoms with Gasteiger partial charge in [0.25, 0.3) is 0 Å². The maximum atomic E-state index is 12.1. The average molecular weight is 501 g/mol. The van der Waals surface area contributed by atoms with Crippen LogP contribution in [0.2, 0.25) is 0 Å². The number of aromatic nitrogens is 2. The van der Waals surface area contributed by atoms with E-state index in [4.69, 9.17) is 10.5 Å². The molecule has 0 bridgehead atoms. The summed E-state index contributed by atoms with van der Waals surface area (Å²) in [5, 5.41) is 0. The van der Waals surface area contributed by atoms with Crippen LogP contribution in [0.25, 0.3) is 0 Å². The van der Waals surface area contributed by atoms with Crippen LogP contribution < -0.4 is 15.5 Å². The first-order valence-electron chi connectivity index (χ1n) is 13.3. The van der Waals surface area contributed by atoms with Crippen molar-refractivity contribution < 1.29 is 9.53 Å². The van der Waals surface area contributed by atoms with Gasteiger partial charge < -0.3 is 20.3 Å². The fraction of sp³-hybridized carbons (Fsp3) is 0.414. The number of hydrogen-bond donors (Lipinski definition) is 1. The largest absolute Gasteiger partial charge is 0.466 e. The fourth-order valence-corrected chi connectivity index (χ4v) is 5.55. The second-order valence-electron chi connectivity index (χ2n) is 9.69. The van der Waals surface area contributed by atoms with Gasteiger partial charge in [-0.05, 0) is 30.9 Å². The minimum Gasteiger partial charge on any atom is -0.466 e. The summed E-state index contributed by atoms with van der Waals surface area (Å²) >= 11 is 0. The van der Waals surface area contributed by atoms with Crippen LogP contribution in [0.15, 0.2) is 67.0 Å². The summed E-state index contributed by atoms with van der Waals surface area (Å²) in [6.45, 7) is 7.20. The Morgan fingerprint density at radius 1 is 0.865 bits per heavy atom. The highest BCUT2D eigenvalue weighted by atomic mass is 16.5. The van der Waals surface area contributed by atoms with E-state index in [1.807, 2.05) is 6.92 Å². The second kappa shape index (κ2) is 11.6. The molecule has 1 aromatic heterocycles. The molecule has 5 rings (SSSR count). The van der Waals surface area contributed by atoms with Crippen LogP contribution in [0.4, 0.5) is 17.3 Å². The van der Waals surface area contributed by atoms with Crippen molar-refractivity contribution in [2.75, 3.05) is 61.4 Å². The normalized spacial score (nSPS) is 17.2. The summed E-state index contributed by atoms with van der Waals surface area (Å²) in [5.74, 6) is 1.42. The maximum Gasteiger partial charge on any atom is 0.309 e. The number of piperidine rings is 1. The monoisotopic (exact) mass is 500 g/mol. The molecule has 0 aliphatic carbocycles. The molecule has 2 aliphatic heterocycles. The molecule has 0 unspecified atom stereocenters. The Labute approximate surface area is 219 Å². The van der Waals surface area contributed by atoms with E-state index in [-0.39, 0.29) is 17.9 Å². The SMILES string of the molecule is CCOC(=O)C1CCN(c2ncnc(N3CCN(C(c4ccccc4)c4ccccc4)CC3)c2N)CC1. The van der Waals surface area contributed by atoms with Gasteiger partial charge in [0.2, 0.25) is 0 Å². The molecule has 0 radical (unpaired) electrons. The van der Waals surface area contributed by atoms with Crippen LogP contribution >= 0.6 is 0 Å². The van der Waals surface area contributed by atoms with Gasteiger partial charge in [0.05, 0.1) is 18.6 Å². The summed E-state index contributed by atoms with van der Waals surface area (Å²) in [6, 6.07) is 21.6. The molecule has 2 aromatic carbocycles. The second-order valence-corrected chi connectivity index (χ2v) is 9.69. The number of piperazine rings is 1. The molecule has 0 saturated carbocycles. The van der Waals surface area contributed by atoms with Crippen molar-refractivity contribution in [1.29, 1.82) is 0 Å². The molecule has 2 saturated heterocycles. The van der Waals surface area contributed by atoms with Crippen molar-refractivity contribution in [2.24, 2.45) is 5.92 Å². The van der Waals surface area contributed by atoms with Crippen molar-refractivity contribution in [2.45, 2.75) is 25.8 Å². The third-order valence-corrected chi connectivity index (χ3v) is 7.47. The number of esters is 1. The van der Waals surface area contributed by atoms with Gasteiger partial charge in [-0.3, -0.25) is 9.69 Å². The zero-order valence-electron chi connectivity index (χ0n) is 21.5. The molecular weight excluding hydrogens is 464 g/mol. The molecule has 3 heterocycles. The van der Waals surface area contributed by atoms with Crippen molar-refractivity contribution >= 4 is 23.3 Å². The van der Waals surface area contributed by atoms with Crippen LogP contribution in [0.5, 0.6) is 0 Å². The van der Waals surface area contributed by atoms with E-state index in [0.717, 1.165) is 63.7 Å². The summed E-state index contributed by atoms with van der Waals surface area (Å²) in [5.41, 5.74) is 9.87. The number of benzene rings is 2. The van der Waals surface area contributed by atoms with E-state index in [1.165, 1.54) is 11.1 Å². The van der Waals surface area contributed by atoms with Crippen LogP contribution in [-0.2, 0) is 9.53 Å². The lowest BCUT2D eigenvalue weighted by molar-refractivity contribution is -0.148. The Morgan fingerprint density at radius 2 is 1.38 bits per heavy atom. The molecular formula is C29H36N6O2. The first kappa shape index (κ1) is 25.0. The number of nitrogen functional groups attached to an aromatic ring is 1. The number of nitrogens with two attached hydrogens (primary N) is 1. The highest BCUT2D eigenvalue weighted by molar-refractivity contribution is 5.77. The molecule has 0 spiro atoms. The lowest BCUT2D eigenvalue weighted by Gasteiger charge is -2.40. The molecule has 8 heteroatoms. The molecule has 2 fully saturated rings. The highest BCUT2D eigenvalue weighted by Gasteiger charge is 2.30.